The van der Waals surface area contributed by atoms with Crippen LogP contribution in [0.5, 0.6) is 11.5 Å². The van der Waals surface area contributed by atoms with Gasteiger partial charge in [0.1, 0.15) is 24.2 Å². The molecule has 0 spiro atoms. The molecular weight excluding hydrogens is 256 g/mol. The molecule has 20 heavy (non-hydrogen) atoms. The van der Waals surface area contributed by atoms with Crippen LogP contribution in [-0.2, 0) is 11.3 Å². The van der Waals surface area contributed by atoms with Crippen LogP contribution in [0, 0.1) is 0 Å². The third-order valence-electron chi connectivity index (χ3n) is 3.16. The number of hydrogen-bond donors (Lipinski definition) is 1. The van der Waals surface area contributed by atoms with Gasteiger partial charge in [0.15, 0.2) is 6.79 Å². The monoisotopic (exact) mass is 272 g/mol. The molecule has 0 aromatic heterocycles. The number of fused-ring (bicyclic) bond motifs is 1. The molecule has 104 valence electrons. The summed E-state index contributed by atoms with van der Waals surface area (Å²) in [5, 5.41) is 9.62. The van der Waals surface area contributed by atoms with Crippen molar-refractivity contribution in [2.45, 2.75) is 12.7 Å². The maximum atomic E-state index is 9.62. The normalized spacial score (nSPS) is 16.6. The Bertz CT molecular complexity index is 568. The lowest BCUT2D eigenvalue weighted by molar-refractivity contribution is 0.00496. The number of benzene rings is 2. The van der Waals surface area contributed by atoms with E-state index >= 15 is 0 Å². The molecule has 0 bridgehead atoms. The highest BCUT2D eigenvalue weighted by atomic mass is 16.7. The Morgan fingerprint density at radius 3 is 2.85 bits per heavy atom. The highest BCUT2D eigenvalue weighted by molar-refractivity contribution is 5.44. The zero-order valence-corrected chi connectivity index (χ0v) is 11.0. The minimum absolute atomic E-state index is 0.177. The summed E-state index contributed by atoms with van der Waals surface area (Å²) in [5.41, 5.74) is 1.92. The maximum Gasteiger partial charge on any atom is 0.189 e. The second kappa shape index (κ2) is 5.94. The fourth-order valence-corrected chi connectivity index (χ4v) is 2.11. The lowest BCUT2D eigenvalue weighted by Crippen LogP contribution is -2.03. The van der Waals surface area contributed by atoms with Crippen LogP contribution in [0.2, 0.25) is 0 Å². The Hall–Kier alpha value is -2.04. The van der Waals surface area contributed by atoms with Crippen molar-refractivity contribution in [3.63, 3.8) is 0 Å². The summed E-state index contributed by atoms with van der Waals surface area (Å²) in [4.78, 5) is 0. The Labute approximate surface area is 117 Å². The first-order chi connectivity index (χ1) is 9.83. The Morgan fingerprint density at radius 2 is 2.00 bits per heavy atom. The second-order valence-electron chi connectivity index (χ2n) is 4.62. The standard InChI is InChI=1S/C16H16O4/c17-15-10-19-16-8-13(6-7-14(15)16)20-11-18-9-12-4-2-1-3-5-12/h1-8,15,17H,9-11H2. The van der Waals surface area contributed by atoms with Crippen LogP contribution < -0.4 is 9.47 Å². The lowest BCUT2D eigenvalue weighted by Gasteiger charge is -2.08. The molecule has 0 radical (unpaired) electrons. The molecule has 1 aliphatic rings. The SMILES string of the molecule is OC1COc2cc(OCOCc3ccccc3)ccc21. The lowest BCUT2D eigenvalue weighted by atomic mass is 10.1. The number of hydrogen-bond acceptors (Lipinski definition) is 4. The first-order valence-corrected chi connectivity index (χ1v) is 6.52. The van der Waals surface area contributed by atoms with E-state index in [1.807, 2.05) is 42.5 Å². The fraction of sp³-hybridized carbons (Fsp3) is 0.250. The van der Waals surface area contributed by atoms with Crippen LogP contribution in [0.4, 0.5) is 0 Å². The largest absolute Gasteiger partial charge is 0.490 e. The molecule has 0 fully saturated rings. The van der Waals surface area contributed by atoms with Gasteiger partial charge < -0.3 is 19.3 Å². The van der Waals surface area contributed by atoms with E-state index < -0.39 is 6.10 Å². The van der Waals surface area contributed by atoms with Gasteiger partial charge in [0.2, 0.25) is 0 Å². The molecule has 1 unspecified atom stereocenters. The molecule has 0 aliphatic carbocycles. The van der Waals surface area contributed by atoms with E-state index in [-0.39, 0.29) is 6.79 Å². The van der Waals surface area contributed by atoms with Crippen LogP contribution in [0.3, 0.4) is 0 Å². The van der Waals surface area contributed by atoms with Crippen molar-refractivity contribution < 1.29 is 19.3 Å². The van der Waals surface area contributed by atoms with E-state index in [0.717, 1.165) is 11.1 Å². The third kappa shape index (κ3) is 2.92. The number of aliphatic hydroxyl groups excluding tert-OH is 1. The molecule has 1 atom stereocenters. The smallest absolute Gasteiger partial charge is 0.189 e. The van der Waals surface area contributed by atoms with E-state index in [4.69, 9.17) is 14.2 Å². The van der Waals surface area contributed by atoms with Gasteiger partial charge in [0.25, 0.3) is 0 Å². The van der Waals surface area contributed by atoms with Crippen LogP contribution in [0.15, 0.2) is 48.5 Å². The summed E-state index contributed by atoms with van der Waals surface area (Å²) in [5.74, 6) is 1.35. The minimum Gasteiger partial charge on any atom is -0.490 e. The first kappa shape index (κ1) is 13.0. The van der Waals surface area contributed by atoms with Crippen molar-refractivity contribution in [2.24, 2.45) is 0 Å². The number of aliphatic hydroxyl groups is 1. The van der Waals surface area contributed by atoms with E-state index in [0.29, 0.717) is 24.7 Å². The van der Waals surface area contributed by atoms with Gasteiger partial charge in [-0.2, -0.15) is 0 Å². The fourth-order valence-electron chi connectivity index (χ4n) is 2.11. The molecule has 2 aromatic rings. The highest BCUT2D eigenvalue weighted by Gasteiger charge is 2.21. The summed E-state index contributed by atoms with van der Waals surface area (Å²) in [6.45, 7) is 1.00. The molecule has 2 aromatic carbocycles. The Morgan fingerprint density at radius 1 is 1.15 bits per heavy atom. The van der Waals surface area contributed by atoms with Gasteiger partial charge in [-0.1, -0.05) is 30.3 Å². The summed E-state index contributed by atoms with van der Waals surface area (Å²) < 4.78 is 16.3. The zero-order chi connectivity index (χ0) is 13.8. The van der Waals surface area contributed by atoms with E-state index in [1.165, 1.54) is 0 Å². The quantitative estimate of drug-likeness (QED) is 0.671. The molecule has 1 N–H and O–H groups in total. The molecule has 1 aliphatic heterocycles. The average molecular weight is 272 g/mol. The number of rotatable bonds is 5. The predicted octanol–water partition coefficient (Wildman–Crippen LogP) is 2.67. The minimum atomic E-state index is -0.534. The predicted molar refractivity (Wildman–Crippen MR) is 73.6 cm³/mol. The first-order valence-electron chi connectivity index (χ1n) is 6.52. The molecule has 4 nitrogen and oxygen atoms in total. The average Bonchev–Trinajstić information content (AvgIpc) is 2.86. The van der Waals surface area contributed by atoms with Gasteiger partial charge in [-0.25, -0.2) is 0 Å². The molecule has 3 rings (SSSR count). The van der Waals surface area contributed by atoms with Crippen LogP contribution in [-0.4, -0.2) is 18.5 Å². The zero-order valence-electron chi connectivity index (χ0n) is 11.0. The van der Waals surface area contributed by atoms with Crippen molar-refractivity contribution in [2.75, 3.05) is 13.4 Å². The van der Waals surface area contributed by atoms with Crippen molar-refractivity contribution in [1.82, 2.24) is 0 Å². The van der Waals surface area contributed by atoms with Crippen molar-refractivity contribution >= 4 is 0 Å². The van der Waals surface area contributed by atoms with E-state index in [9.17, 15) is 5.11 Å². The summed E-state index contributed by atoms with van der Waals surface area (Å²) in [7, 11) is 0. The van der Waals surface area contributed by atoms with Crippen molar-refractivity contribution in [3.8, 4) is 11.5 Å². The van der Waals surface area contributed by atoms with Crippen LogP contribution in [0.25, 0.3) is 0 Å². The highest BCUT2D eigenvalue weighted by Crippen LogP contribution is 2.34. The van der Waals surface area contributed by atoms with Gasteiger partial charge in [-0.15, -0.1) is 0 Å². The Kier molecular flexibility index (Phi) is 3.85. The summed E-state index contributed by atoms with van der Waals surface area (Å²) >= 11 is 0. The Balaban J connectivity index is 1.50. The molecule has 0 saturated carbocycles. The van der Waals surface area contributed by atoms with E-state index in [1.54, 1.807) is 6.07 Å². The van der Waals surface area contributed by atoms with Gasteiger partial charge >= 0.3 is 0 Å². The maximum absolute atomic E-state index is 9.62. The van der Waals surface area contributed by atoms with Gasteiger partial charge in [-0.05, 0) is 17.7 Å². The summed E-state index contributed by atoms with van der Waals surface area (Å²) in [6.07, 6.45) is -0.534. The molecule has 0 saturated heterocycles. The van der Waals surface area contributed by atoms with Crippen LogP contribution in [0.1, 0.15) is 17.2 Å². The molecule has 1 heterocycles. The molecule has 4 heteroatoms. The third-order valence-corrected chi connectivity index (χ3v) is 3.16. The van der Waals surface area contributed by atoms with Crippen molar-refractivity contribution in [1.29, 1.82) is 0 Å². The van der Waals surface area contributed by atoms with Crippen LogP contribution >= 0.6 is 0 Å². The van der Waals surface area contributed by atoms with Gasteiger partial charge in [0, 0.05) is 11.6 Å². The molecular formula is C16H16O4. The van der Waals surface area contributed by atoms with Crippen molar-refractivity contribution in [3.05, 3.63) is 59.7 Å². The topological polar surface area (TPSA) is 47.9 Å². The summed E-state index contributed by atoms with van der Waals surface area (Å²) in [6, 6.07) is 15.3. The number of ether oxygens (including phenoxy) is 3. The molecule has 0 amide bonds. The van der Waals surface area contributed by atoms with E-state index in [2.05, 4.69) is 0 Å². The second-order valence-corrected chi connectivity index (χ2v) is 4.62. The van der Waals surface area contributed by atoms with Gasteiger partial charge in [-0.3, -0.25) is 0 Å². The van der Waals surface area contributed by atoms with Gasteiger partial charge in [0.05, 0.1) is 6.61 Å².